The normalized spacial score (nSPS) is 29.9. The molecule has 6 heteroatoms. The van der Waals surface area contributed by atoms with Crippen LogP contribution in [-0.2, 0) is 19.2 Å². The van der Waals surface area contributed by atoms with E-state index in [-0.39, 0.29) is 11.8 Å². The summed E-state index contributed by atoms with van der Waals surface area (Å²) in [6, 6.07) is 9.82. The molecule has 26 heavy (non-hydrogen) atoms. The van der Waals surface area contributed by atoms with Gasteiger partial charge in [-0.25, -0.2) is 4.79 Å². The van der Waals surface area contributed by atoms with Gasteiger partial charge in [-0.15, -0.1) is 5.06 Å². The van der Waals surface area contributed by atoms with Crippen molar-refractivity contribution in [1.82, 2.24) is 9.96 Å². The smallest absolute Gasteiger partial charge is 0.339 e. The zero-order valence-electron chi connectivity index (χ0n) is 16.0. The van der Waals surface area contributed by atoms with E-state index in [4.69, 9.17) is 9.57 Å². The van der Waals surface area contributed by atoms with Gasteiger partial charge in [0.25, 0.3) is 0 Å². The van der Waals surface area contributed by atoms with Crippen molar-refractivity contribution in [2.75, 3.05) is 20.2 Å². The topological polar surface area (TPSA) is 59.1 Å². The average Bonchev–Trinajstić information content (AvgIpc) is 2.96. The Bertz CT molecular complexity index is 743. The molecule has 0 saturated carbocycles. The number of fused-ring (bicyclic) bond motifs is 1. The van der Waals surface area contributed by atoms with E-state index in [0.29, 0.717) is 18.7 Å². The minimum absolute atomic E-state index is 0.00616. The van der Waals surface area contributed by atoms with Gasteiger partial charge in [0.2, 0.25) is 5.91 Å². The Kier molecular flexibility index (Phi) is 4.56. The number of esters is 1. The zero-order valence-corrected chi connectivity index (χ0v) is 16.0. The number of ether oxygens (including phenoxy) is 1. The number of rotatable bonds is 5. The maximum atomic E-state index is 13.4. The lowest BCUT2D eigenvalue weighted by Crippen LogP contribution is -2.79. The maximum absolute atomic E-state index is 13.4. The Morgan fingerprint density at radius 1 is 1.19 bits per heavy atom. The molecule has 0 aromatic heterocycles. The summed E-state index contributed by atoms with van der Waals surface area (Å²) in [5.41, 5.74) is -0.242. The van der Waals surface area contributed by atoms with Crippen LogP contribution >= 0.6 is 0 Å². The van der Waals surface area contributed by atoms with Gasteiger partial charge in [0, 0.05) is 19.0 Å². The largest absolute Gasteiger partial charge is 0.466 e. The summed E-state index contributed by atoms with van der Waals surface area (Å²) in [7, 11) is 1.35. The second kappa shape index (κ2) is 6.43. The van der Waals surface area contributed by atoms with E-state index in [2.05, 4.69) is 0 Å². The van der Waals surface area contributed by atoms with Crippen LogP contribution in [-0.4, -0.2) is 53.1 Å². The quantitative estimate of drug-likeness (QED) is 0.757. The first-order valence-corrected chi connectivity index (χ1v) is 8.97. The van der Waals surface area contributed by atoms with Crippen molar-refractivity contribution in [3.63, 3.8) is 0 Å². The molecule has 3 rings (SSSR count). The third-order valence-electron chi connectivity index (χ3n) is 5.81. The predicted molar refractivity (Wildman–Crippen MR) is 96.9 cm³/mol. The van der Waals surface area contributed by atoms with Crippen molar-refractivity contribution >= 4 is 11.9 Å². The van der Waals surface area contributed by atoms with Gasteiger partial charge in [0.15, 0.2) is 0 Å². The molecule has 0 bridgehead atoms. The number of carbonyl (C=O) groups excluding carboxylic acids is 2. The molecule has 1 aromatic rings. The molecular formula is C20H26N2O4. The number of carbonyl (C=O) groups is 2. The number of benzene rings is 1. The van der Waals surface area contributed by atoms with Crippen molar-refractivity contribution < 1.29 is 19.2 Å². The van der Waals surface area contributed by atoms with Gasteiger partial charge in [0.05, 0.1) is 18.2 Å². The minimum Gasteiger partial charge on any atom is -0.466 e. The molecule has 1 amide bonds. The number of nitrogens with zero attached hydrogens (tertiary/aromatic N) is 2. The highest BCUT2D eigenvalue weighted by molar-refractivity contribution is 5.96. The molecule has 0 radical (unpaired) electrons. The predicted octanol–water partition coefficient (Wildman–Crippen LogP) is 2.47. The SMILES string of the molecule is CCN(CC)C(=O)[C@@]1(C)[C@@H](c2ccccc2)[C@]2(C)C(C(=O)OC)=CON12. The lowest BCUT2D eigenvalue weighted by molar-refractivity contribution is -0.288. The van der Waals surface area contributed by atoms with Crippen molar-refractivity contribution in [3.05, 3.63) is 47.7 Å². The van der Waals surface area contributed by atoms with Crippen molar-refractivity contribution in [1.29, 1.82) is 0 Å². The van der Waals surface area contributed by atoms with Crippen molar-refractivity contribution in [2.24, 2.45) is 0 Å². The van der Waals surface area contributed by atoms with Gasteiger partial charge >= 0.3 is 5.97 Å². The molecule has 0 aliphatic carbocycles. The number of hydrogen-bond acceptors (Lipinski definition) is 5. The van der Waals surface area contributed by atoms with Gasteiger partial charge < -0.3 is 14.5 Å². The molecule has 140 valence electrons. The summed E-state index contributed by atoms with van der Waals surface area (Å²) in [6.07, 6.45) is 1.42. The van der Waals surface area contributed by atoms with E-state index in [9.17, 15) is 9.59 Å². The fourth-order valence-electron chi connectivity index (χ4n) is 4.61. The van der Waals surface area contributed by atoms with E-state index < -0.39 is 17.0 Å². The van der Waals surface area contributed by atoms with Crippen LogP contribution in [0, 0.1) is 0 Å². The molecule has 1 fully saturated rings. The second-order valence-corrected chi connectivity index (χ2v) is 7.04. The third-order valence-corrected chi connectivity index (χ3v) is 5.81. The van der Waals surface area contributed by atoms with Crippen LogP contribution in [0.3, 0.4) is 0 Å². The summed E-state index contributed by atoms with van der Waals surface area (Å²) in [5.74, 6) is -0.682. The van der Waals surface area contributed by atoms with Crippen molar-refractivity contribution in [3.8, 4) is 0 Å². The summed E-state index contributed by atoms with van der Waals surface area (Å²) < 4.78 is 4.95. The third kappa shape index (κ3) is 2.21. The monoisotopic (exact) mass is 358 g/mol. The molecule has 1 saturated heterocycles. The highest BCUT2D eigenvalue weighted by atomic mass is 16.7. The maximum Gasteiger partial charge on any atom is 0.339 e. The van der Waals surface area contributed by atoms with E-state index in [1.54, 1.807) is 9.96 Å². The number of hydroxylamine groups is 2. The molecule has 0 N–H and O–H groups in total. The molecule has 0 unspecified atom stereocenters. The number of likely N-dealkylation sites (N-methyl/N-ethyl adjacent to an activating group) is 1. The van der Waals surface area contributed by atoms with Crippen molar-refractivity contribution in [2.45, 2.75) is 44.7 Å². The Morgan fingerprint density at radius 3 is 2.35 bits per heavy atom. The zero-order chi connectivity index (χ0) is 19.1. The van der Waals surface area contributed by atoms with Gasteiger partial charge in [-0.2, -0.15) is 0 Å². The first kappa shape index (κ1) is 18.5. The molecular weight excluding hydrogens is 332 g/mol. The fourth-order valence-corrected chi connectivity index (χ4v) is 4.61. The van der Waals surface area contributed by atoms with Crippen LogP contribution in [0.15, 0.2) is 42.2 Å². The van der Waals surface area contributed by atoms with E-state index in [0.717, 1.165) is 5.56 Å². The van der Waals surface area contributed by atoms with Crippen LogP contribution in [0.5, 0.6) is 0 Å². The van der Waals surface area contributed by atoms with Gasteiger partial charge in [0.1, 0.15) is 11.8 Å². The Morgan fingerprint density at radius 2 is 1.81 bits per heavy atom. The summed E-state index contributed by atoms with van der Waals surface area (Å²) >= 11 is 0. The average molecular weight is 358 g/mol. The second-order valence-electron chi connectivity index (χ2n) is 7.04. The Labute approximate surface area is 154 Å². The molecule has 2 aliphatic rings. The summed E-state index contributed by atoms with van der Waals surface area (Å²) in [6.45, 7) is 8.98. The van der Waals surface area contributed by atoms with Gasteiger partial charge in [-0.05, 0) is 33.3 Å². The van der Waals surface area contributed by atoms with Crippen LogP contribution < -0.4 is 0 Å². The number of hydrogen-bond donors (Lipinski definition) is 0. The van der Waals surface area contributed by atoms with Crippen LogP contribution in [0.1, 0.15) is 39.2 Å². The van der Waals surface area contributed by atoms with Gasteiger partial charge in [-0.3, -0.25) is 4.79 Å². The Hall–Kier alpha value is -2.34. The molecule has 2 aliphatic heterocycles. The van der Waals surface area contributed by atoms with E-state index >= 15 is 0 Å². The van der Waals surface area contributed by atoms with Crippen LogP contribution in [0.25, 0.3) is 0 Å². The summed E-state index contributed by atoms with van der Waals surface area (Å²) in [4.78, 5) is 33.3. The van der Waals surface area contributed by atoms with Crippen LogP contribution in [0.4, 0.5) is 0 Å². The fraction of sp³-hybridized carbons (Fsp3) is 0.500. The molecule has 6 nitrogen and oxygen atoms in total. The lowest BCUT2D eigenvalue weighted by atomic mass is 9.57. The van der Waals surface area contributed by atoms with Gasteiger partial charge in [-0.1, -0.05) is 30.3 Å². The molecule has 0 spiro atoms. The number of amides is 1. The first-order valence-electron chi connectivity index (χ1n) is 8.97. The molecule has 2 heterocycles. The minimum atomic E-state index is -0.908. The standard InChI is InChI=1S/C20H26N2O4/c1-6-21(7-2)18(24)20(4)16(14-11-9-8-10-12-14)19(3)15(17(23)25-5)13-26-22(19)20/h8-13,16H,6-7H2,1-5H3/t16-,19-,20+/m0/s1. The number of methoxy groups -OCH3 is 1. The Balaban J connectivity index is 2.10. The van der Waals surface area contributed by atoms with E-state index in [1.807, 2.05) is 58.0 Å². The molecule has 1 aromatic carbocycles. The first-order chi connectivity index (χ1) is 12.4. The molecule has 3 atom stereocenters. The lowest BCUT2D eigenvalue weighted by Gasteiger charge is -2.63. The summed E-state index contributed by atoms with van der Waals surface area (Å²) in [5, 5.41) is 1.66. The van der Waals surface area contributed by atoms with Crippen LogP contribution in [0.2, 0.25) is 0 Å². The highest BCUT2D eigenvalue weighted by Crippen LogP contribution is 2.62. The highest BCUT2D eigenvalue weighted by Gasteiger charge is 2.75. The van der Waals surface area contributed by atoms with E-state index in [1.165, 1.54) is 13.4 Å².